The van der Waals surface area contributed by atoms with Crippen LogP contribution in [0.25, 0.3) is 21.1 Å². The molecular weight excluding hydrogens is 385 g/mol. The molecule has 1 unspecified atom stereocenters. The number of halogens is 1. The van der Waals surface area contributed by atoms with Gasteiger partial charge in [-0.2, -0.15) is 0 Å². The van der Waals surface area contributed by atoms with Gasteiger partial charge in [0.25, 0.3) is 0 Å². The van der Waals surface area contributed by atoms with Gasteiger partial charge in [0, 0.05) is 30.3 Å². The molecule has 1 aliphatic carbocycles. The maximum atomic E-state index is 14.8. The number of piperidine rings is 1. The van der Waals surface area contributed by atoms with Crippen LogP contribution in [0.1, 0.15) is 53.2 Å². The van der Waals surface area contributed by atoms with Gasteiger partial charge in [-0.05, 0) is 61.9 Å². The van der Waals surface area contributed by atoms with Crippen molar-refractivity contribution in [2.45, 2.75) is 38.0 Å². The molecule has 3 aromatic rings. The SMILES string of the molecule is O=C1CCCc2nc(-c3ncc(-c4cccc(F)c4C4CCCNC4)s3)ccc21. The minimum Gasteiger partial charge on any atom is -0.316 e. The molecule has 2 aliphatic rings. The quantitative estimate of drug-likeness (QED) is 0.664. The van der Waals surface area contributed by atoms with Crippen LogP contribution in [0, 0.1) is 5.82 Å². The average Bonchev–Trinajstić information content (AvgIpc) is 3.24. The van der Waals surface area contributed by atoms with E-state index in [1.54, 1.807) is 12.1 Å². The van der Waals surface area contributed by atoms with Gasteiger partial charge in [-0.15, -0.1) is 11.3 Å². The minimum atomic E-state index is -0.142. The van der Waals surface area contributed by atoms with Crippen molar-refractivity contribution in [1.82, 2.24) is 15.3 Å². The first-order valence-corrected chi connectivity index (χ1v) is 11.0. The van der Waals surface area contributed by atoms with E-state index in [0.29, 0.717) is 6.42 Å². The number of ketones is 1. The van der Waals surface area contributed by atoms with Crippen LogP contribution in [0.2, 0.25) is 0 Å². The minimum absolute atomic E-state index is 0.142. The Morgan fingerprint density at radius 2 is 2.03 bits per heavy atom. The van der Waals surface area contributed by atoms with Crippen LogP contribution in [0.15, 0.2) is 36.5 Å². The third-order valence-electron chi connectivity index (χ3n) is 5.84. The van der Waals surface area contributed by atoms with E-state index in [1.807, 2.05) is 24.4 Å². The second-order valence-electron chi connectivity index (χ2n) is 7.74. The topological polar surface area (TPSA) is 54.9 Å². The number of carbonyl (C=O) groups excluding carboxylic acids is 1. The third kappa shape index (κ3) is 3.51. The zero-order chi connectivity index (χ0) is 19.8. The summed E-state index contributed by atoms with van der Waals surface area (Å²) in [5.41, 5.74) is 4.12. The van der Waals surface area contributed by atoms with Gasteiger partial charge in [0.15, 0.2) is 5.78 Å². The van der Waals surface area contributed by atoms with Crippen molar-refractivity contribution in [2.75, 3.05) is 13.1 Å². The van der Waals surface area contributed by atoms with Gasteiger partial charge < -0.3 is 5.32 Å². The highest BCUT2D eigenvalue weighted by Crippen LogP contribution is 2.39. The number of nitrogens with one attached hydrogen (secondary N) is 1. The predicted octanol–water partition coefficient (Wildman–Crippen LogP) is 5.00. The fourth-order valence-corrected chi connectivity index (χ4v) is 5.32. The van der Waals surface area contributed by atoms with E-state index < -0.39 is 0 Å². The first-order valence-electron chi connectivity index (χ1n) is 10.2. The summed E-state index contributed by atoms with van der Waals surface area (Å²) in [6.07, 6.45) is 6.16. The summed E-state index contributed by atoms with van der Waals surface area (Å²) in [5, 5.41) is 4.19. The third-order valence-corrected chi connectivity index (χ3v) is 6.89. The summed E-state index contributed by atoms with van der Waals surface area (Å²) in [6, 6.07) is 9.07. The maximum absolute atomic E-state index is 14.8. The van der Waals surface area contributed by atoms with Crippen molar-refractivity contribution in [2.24, 2.45) is 0 Å². The largest absolute Gasteiger partial charge is 0.316 e. The molecule has 2 aromatic heterocycles. The van der Waals surface area contributed by atoms with Gasteiger partial charge in [-0.25, -0.2) is 14.4 Å². The Balaban J connectivity index is 1.51. The summed E-state index contributed by atoms with van der Waals surface area (Å²) in [6.45, 7) is 1.80. The number of benzene rings is 1. The standard InChI is InChI=1S/C23H22FN3OS/c24-17-6-1-5-16(22(17)14-4-3-11-25-12-14)21-13-26-23(29-21)19-10-9-15-18(27-19)7-2-8-20(15)28/h1,5-6,9-10,13-14,25H,2-4,7-8,11-12H2. The molecule has 0 saturated carbocycles. The van der Waals surface area contributed by atoms with E-state index in [9.17, 15) is 9.18 Å². The van der Waals surface area contributed by atoms with Gasteiger partial charge in [0.1, 0.15) is 10.8 Å². The molecule has 0 radical (unpaired) electrons. The maximum Gasteiger partial charge on any atom is 0.164 e. The van der Waals surface area contributed by atoms with E-state index in [-0.39, 0.29) is 17.5 Å². The molecule has 5 rings (SSSR count). The van der Waals surface area contributed by atoms with Crippen LogP contribution < -0.4 is 5.32 Å². The number of thiazole rings is 1. The van der Waals surface area contributed by atoms with Gasteiger partial charge in [-0.1, -0.05) is 12.1 Å². The molecule has 1 aliphatic heterocycles. The van der Waals surface area contributed by atoms with Crippen molar-refractivity contribution in [3.05, 3.63) is 59.2 Å². The summed E-state index contributed by atoms with van der Waals surface area (Å²) < 4.78 is 14.8. The molecule has 4 nitrogen and oxygen atoms in total. The molecule has 6 heteroatoms. The highest BCUT2D eigenvalue weighted by molar-refractivity contribution is 7.18. The highest BCUT2D eigenvalue weighted by atomic mass is 32.1. The fraction of sp³-hybridized carbons (Fsp3) is 0.348. The monoisotopic (exact) mass is 407 g/mol. The number of hydrogen-bond donors (Lipinski definition) is 1. The molecule has 1 saturated heterocycles. The lowest BCUT2D eigenvalue weighted by Gasteiger charge is -2.25. The molecule has 0 spiro atoms. The lowest BCUT2D eigenvalue weighted by atomic mass is 9.87. The van der Waals surface area contributed by atoms with Crippen molar-refractivity contribution in [3.63, 3.8) is 0 Å². The van der Waals surface area contributed by atoms with Gasteiger partial charge >= 0.3 is 0 Å². The number of aryl methyl sites for hydroxylation is 1. The molecule has 0 amide bonds. The van der Waals surface area contributed by atoms with E-state index in [4.69, 9.17) is 4.98 Å². The molecule has 3 heterocycles. The number of rotatable bonds is 3. The molecule has 1 atom stereocenters. The zero-order valence-corrected chi connectivity index (χ0v) is 16.9. The Morgan fingerprint density at radius 1 is 1.10 bits per heavy atom. The Morgan fingerprint density at radius 3 is 2.90 bits per heavy atom. The summed E-state index contributed by atoms with van der Waals surface area (Å²) in [4.78, 5) is 22.3. The molecule has 0 bridgehead atoms. The number of aromatic nitrogens is 2. The lowest BCUT2D eigenvalue weighted by molar-refractivity contribution is 0.0971. The van der Waals surface area contributed by atoms with Gasteiger partial charge in [-0.3, -0.25) is 4.79 Å². The van der Waals surface area contributed by atoms with Crippen molar-refractivity contribution >= 4 is 17.1 Å². The van der Waals surface area contributed by atoms with Crippen molar-refractivity contribution in [3.8, 4) is 21.1 Å². The van der Waals surface area contributed by atoms with Crippen LogP contribution in [0.3, 0.4) is 0 Å². The van der Waals surface area contributed by atoms with E-state index in [2.05, 4.69) is 10.3 Å². The number of fused-ring (bicyclic) bond motifs is 1. The second kappa shape index (κ2) is 7.76. The van der Waals surface area contributed by atoms with Crippen LogP contribution in [0.5, 0.6) is 0 Å². The second-order valence-corrected chi connectivity index (χ2v) is 8.77. The Hall–Kier alpha value is -2.44. The zero-order valence-electron chi connectivity index (χ0n) is 16.1. The van der Waals surface area contributed by atoms with Crippen LogP contribution >= 0.6 is 11.3 Å². The van der Waals surface area contributed by atoms with Gasteiger partial charge in [0.2, 0.25) is 0 Å². The molecule has 1 fully saturated rings. The Kier molecular flexibility index (Phi) is 4.97. The number of carbonyl (C=O) groups is 1. The number of Topliss-reactive ketones (excluding diaryl/α,β-unsaturated/α-hetero) is 1. The summed E-state index contributed by atoms with van der Waals surface area (Å²) in [5.74, 6) is 0.213. The normalized spacial score (nSPS) is 19.2. The molecule has 148 valence electrons. The lowest BCUT2D eigenvalue weighted by Crippen LogP contribution is -2.29. The first-order chi connectivity index (χ1) is 14.2. The number of hydrogen-bond acceptors (Lipinski definition) is 5. The smallest absolute Gasteiger partial charge is 0.164 e. The highest BCUT2D eigenvalue weighted by Gasteiger charge is 2.24. The molecular formula is C23H22FN3OS. The summed E-state index contributed by atoms with van der Waals surface area (Å²) in [7, 11) is 0. The van der Waals surface area contributed by atoms with Crippen LogP contribution in [-0.2, 0) is 6.42 Å². The van der Waals surface area contributed by atoms with Gasteiger partial charge in [0.05, 0.1) is 16.3 Å². The molecule has 29 heavy (non-hydrogen) atoms. The predicted molar refractivity (Wildman–Crippen MR) is 113 cm³/mol. The fourth-order valence-electron chi connectivity index (χ4n) is 4.40. The van der Waals surface area contributed by atoms with Crippen LogP contribution in [0.4, 0.5) is 4.39 Å². The molecule has 1 aromatic carbocycles. The Labute approximate surface area is 173 Å². The first kappa shape index (κ1) is 18.6. The van der Waals surface area contributed by atoms with Crippen molar-refractivity contribution < 1.29 is 9.18 Å². The Bertz CT molecular complexity index is 1070. The number of pyridine rings is 1. The van der Waals surface area contributed by atoms with E-state index in [0.717, 1.165) is 76.7 Å². The van der Waals surface area contributed by atoms with E-state index in [1.165, 1.54) is 11.3 Å². The van der Waals surface area contributed by atoms with Crippen molar-refractivity contribution in [1.29, 1.82) is 0 Å². The van der Waals surface area contributed by atoms with Crippen LogP contribution in [-0.4, -0.2) is 28.8 Å². The van der Waals surface area contributed by atoms with E-state index >= 15 is 0 Å². The number of nitrogens with zero attached hydrogens (tertiary/aromatic N) is 2. The summed E-state index contributed by atoms with van der Waals surface area (Å²) >= 11 is 1.53. The average molecular weight is 408 g/mol. The molecule has 1 N–H and O–H groups in total.